The molecule has 0 aliphatic heterocycles. The van der Waals surface area contributed by atoms with Crippen LogP contribution in [0.1, 0.15) is 77.8 Å². The first-order valence-electron chi connectivity index (χ1n) is 11.1. The third-order valence-corrected chi connectivity index (χ3v) is 13.5. The fourth-order valence-electron chi connectivity index (χ4n) is 3.23. The molecule has 0 unspecified atom stereocenters. The Morgan fingerprint density at radius 2 is 1.48 bits per heavy atom. The minimum atomic E-state index is -3.59. The van der Waals surface area contributed by atoms with Gasteiger partial charge in [-0.05, 0) is 30.8 Å². The van der Waals surface area contributed by atoms with Gasteiger partial charge in [0.1, 0.15) is 13.5 Å². The summed E-state index contributed by atoms with van der Waals surface area (Å²) in [5.74, 6) is 0. The van der Waals surface area contributed by atoms with Crippen molar-refractivity contribution in [3.63, 3.8) is 0 Å². The molecule has 2 N–H and O–H groups in total. The molecule has 0 aromatic carbocycles. The Balaban J connectivity index is 2.87. The Morgan fingerprint density at radius 3 is 1.93 bits per heavy atom. The molecule has 0 bridgehead atoms. The summed E-state index contributed by atoms with van der Waals surface area (Å²) in [4.78, 5) is 4.67. The molecule has 1 heterocycles. The van der Waals surface area contributed by atoms with Gasteiger partial charge in [0.25, 0.3) is 0 Å². The minimum Gasteiger partial charge on any atom is -0.330 e. The van der Waals surface area contributed by atoms with E-state index in [4.69, 9.17) is 5.73 Å². The van der Waals surface area contributed by atoms with E-state index in [1.54, 1.807) is 24.3 Å². The lowest BCUT2D eigenvalue weighted by atomic mass is 10.1. The molecule has 0 saturated carbocycles. The second-order valence-corrected chi connectivity index (χ2v) is 17.1. The van der Waals surface area contributed by atoms with E-state index in [9.17, 15) is 8.42 Å². The highest BCUT2D eigenvalue weighted by atomic mass is 32.2. The number of hydrogen-bond donors (Lipinski definition) is 1. The van der Waals surface area contributed by atoms with E-state index >= 15 is 0 Å². The number of imidazole rings is 1. The molecule has 1 aromatic rings. The molecule has 0 spiro atoms. The first kappa shape index (κ1) is 26.3. The van der Waals surface area contributed by atoms with Crippen LogP contribution in [0.5, 0.6) is 0 Å². The predicted octanol–water partition coefficient (Wildman–Crippen LogP) is 3.88. The van der Waals surface area contributed by atoms with E-state index in [1.165, 1.54) is 36.4 Å². The first-order valence-corrected chi connectivity index (χ1v) is 15.5. The summed E-state index contributed by atoms with van der Waals surface area (Å²) in [5, 5.41) is 0.0130. The van der Waals surface area contributed by atoms with Crippen molar-refractivity contribution in [3.8, 4) is 0 Å². The maximum Gasteiger partial charge on any atom is 0.308 e. The summed E-state index contributed by atoms with van der Waals surface area (Å²) < 4.78 is 29.1. The third-order valence-electron chi connectivity index (χ3n) is 6.30. The quantitative estimate of drug-likeness (QED) is 0.370. The van der Waals surface area contributed by atoms with Crippen LogP contribution in [0.25, 0.3) is 0 Å². The van der Waals surface area contributed by atoms with Gasteiger partial charge < -0.3 is 5.73 Å². The van der Waals surface area contributed by atoms with Crippen LogP contribution in [0.15, 0.2) is 6.20 Å². The monoisotopic (exact) mass is 444 g/mol. The van der Waals surface area contributed by atoms with Crippen molar-refractivity contribution in [2.45, 2.75) is 96.7 Å². The zero-order chi connectivity index (χ0) is 22.3. The highest BCUT2D eigenvalue weighted by Gasteiger charge is 2.43. The van der Waals surface area contributed by atoms with E-state index in [2.05, 4.69) is 38.8 Å². The molecular weight excluding hydrogens is 400 g/mol. The van der Waals surface area contributed by atoms with Crippen molar-refractivity contribution in [2.24, 2.45) is 5.73 Å². The van der Waals surface area contributed by atoms with E-state index in [0.29, 0.717) is 0 Å². The second kappa shape index (κ2) is 11.1. The summed E-state index contributed by atoms with van der Waals surface area (Å²) in [5.41, 5.74) is 7.11. The van der Waals surface area contributed by atoms with Gasteiger partial charge in [-0.2, -0.15) is 12.7 Å². The van der Waals surface area contributed by atoms with Gasteiger partial charge in [-0.15, -0.1) is 0 Å². The number of aromatic nitrogens is 2. The molecule has 0 amide bonds. The lowest BCUT2D eigenvalue weighted by molar-refractivity contribution is 0.508. The molecule has 8 heteroatoms. The summed E-state index contributed by atoms with van der Waals surface area (Å²) >= 11 is 0. The molecule has 0 aliphatic carbocycles. The number of hydrogen-bond acceptors (Lipinski definition) is 4. The Labute approximate surface area is 180 Å². The van der Waals surface area contributed by atoms with Gasteiger partial charge in [0.05, 0.1) is 5.69 Å². The van der Waals surface area contributed by atoms with Crippen LogP contribution in [0.2, 0.25) is 18.1 Å². The molecule has 0 atom stereocenters. The third kappa shape index (κ3) is 6.91. The predicted molar refractivity (Wildman–Crippen MR) is 127 cm³/mol. The SMILES string of the molecule is CN(C)S(=O)(=O)n1c(CCCCCCCCCCN)cnc1[Si](C)(C)C(C)(C)C. The largest absolute Gasteiger partial charge is 0.330 e. The molecule has 1 aromatic heterocycles. The molecule has 0 aliphatic rings. The van der Waals surface area contributed by atoms with Crippen LogP contribution < -0.4 is 11.2 Å². The zero-order valence-corrected chi connectivity index (χ0v) is 21.6. The van der Waals surface area contributed by atoms with Gasteiger partial charge in [-0.25, -0.2) is 8.96 Å². The maximum absolute atomic E-state index is 13.1. The van der Waals surface area contributed by atoms with Gasteiger partial charge in [-0.3, -0.25) is 0 Å². The van der Waals surface area contributed by atoms with Crippen LogP contribution in [0, 0.1) is 0 Å². The number of nitrogens with zero attached hydrogens (tertiary/aromatic N) is 3. The van der Waals surface area contributed by atoms with E-state index in [0.717, 1.165) is 43.4 Å². The Bertz CT molecular complexity index is 722. The minimum absolute atomic E-state index is 0.0130. The van der Waals surface area contributed by atoms with Crippen LogP contribution in [0.3, 0.4) is 0 Å². The number of rotatable bonds is 13. The van der Waals surface area contributed by atoms with Crippen molar-refractivity contribution in [1.82, 2.24) is 13.3 Å². The zero-order valence-electron chi connectivity index (χ0n) is 19.8. The number of aryl methyl sites for hydroxylation is 1. The van der Waals surface area contributed by atoms with E-state index in [1.807, 2.05) is 0 Å². The molecule has 0 radical (unpaired) electrons. The lowest BCUT2D eigenvalue weighted by Gasteiger charge is -2.36. The van der Waals surface area contributed by atoms with Crippen LogP contribution in [-0.2, 0) is 16.6 Å². The first-order chi connectivity index (χ1) is 13.4. The van der Waals surface area contributed by atoms with Crippen LogP contribution in [-0.4, -0.2) is 50.4 Å². The second-order valence-electron chi connectivity index (χ2n) is 9.87. The Morgan fingerprint density at radius 1 is 1.00 bits per heavy atom. The summed E-state index contributed by atoms with van der Waals surface area (Å²) in [6, 6.07) is 0. The molecule has 0 saturated heterocycles. The van der Waals surface area contributed by atoms with Gasteiger partial charge >= 0.3 is 10.2 Å². The molecular formula is C21H44N4O2SSi. The highest BCUT2D eigenvalue weighted by molar-refractivity contribution is 7.87. The average molecular weight is 445 g/mol. The van der Waals surface area contributed by atoms with Crippen LogP contribution >= 0.6 is 0 Å². The standard InChI is InChI=1S/C21H44N4O2SSi/c1-21(2,3)29(6,7)20-23-18-19(25(20)28(26,27)24(4)5)16-14-12-10-8-9-11-13-15-17-22/h18H,8-17,22H2,1-7H3. The Kier molecular flexibility index (Phi) is 10.1. The molecule has 170 valence electrons. The highest BCUT2D eigenvalue weighted by Crippen LogP contribution is 2.35. The van der Waals surface area contributed by atoms with Crippen molar-refractivity contribution in [1.29, 1.82) is 0 Å². The maximum atomic E-state index is 13.1. The van der Waals surface area contributed by atoms with E-state index in [-0.39, 0.29) is 5.04 Å². The summed E-state index contributed by atoms with van der Waals surface area (Å²) in [6.45, 7) is 11.8. The normalized spacial score (nSPS) is 13.4. The summed E-state index contributed by atoms with van der Waals surface area (Å²) in [6.07, 6.45) is 12.0. The van der Waals surface area contributed by atoms with Crippen molar-refractivity contribution < 1.29 is 8.42 Å². The lowest BCUT2D eigenvalue weighted by Crippen LogP contribution is -2.56. The molecule has 29 heavy (non-hydrogen) atoms. The number of unbranched alkanes of at least 4 members (excludes halogenated alkanes) is 7. The average Bonchev–Trinajstić information content (AvgIpc) is 3.04. The van der Waals surface area contributed by atoms with Gasteiger partial charge in [0, 0.05) is 20.3 Å². The van der Waals surface area contributed by atoms with Crippen molar-refractivity contribution >= 4 is 23.7 Å². The number of nitrogens with two attached hydrogens (primary N) is 1. The van der Waals surface area contributed by atoms with Gasteiger partial charge in [0.2, 0.25) is 0 Å². The fraction of sp³-hybridized carbons (Fsp3) is 0.857. The van der Waals surface area contributed by atoms with Crippen molar-refractivity contribution in [3.05, 3.63) is 11.9 Å². The van der Waals surface area contributed by atoms with Gasteiger partial charge in [-0.1, -0.05) is 72.4 Å². The molecule has 0 fully saturated rings. The topological polar surface area (TPSA) is 81.2 Å². The smallest absolute Gasteiger partial charge is 0.308 e. The molecule has 1 rings (SSSR count). The van der Waals surface area contributed by atoms with E-state index < -0.39 is 18.3 Å². The van der Waals surface area contributed by atoms with Crippen molar-refractivity contribution in [2.75, 3.05) is 20.6 Å². The summed E-state index contributed by atoms with van der Waals surface area (Å²) in [7, 11) is -2.49. The molecule has 6 nitrogen and oxygen atoms in total. The van der Waals surface area contributed by atoms with Gasteiger partial charge in [0.15, 0.2) is 0 Å². The fourth-order valence-corrected chi connectivity index (χ4v) is 6.99. The Hall–Kier alpha value is -0.703. The van der Waals surface area contributed by atoms with Crippen LogP contribution in [0.4, 0.5) is 0 Å².